The van der Waals surface area contributed by atoms with Crippen molar-refractivity contribution in [1.82, 2.24) is 0 Å². The summed E-state index contributed by atoms with van der Waals surface area (Å²) in [4.78, 5) is 0. The van der Waals surface area contributed by atoms with E-state index in [4.69, 9.17) is 9.05 Å². The number of hydrogen-bond acceptors (Lipinski definition) is 3. The van der Waals surface area contributed by atoms with E-state index in [1.165, 1.54) is 0 Å². The van der Waals surface area contributed by atoms with E-state index in [0.29, 0.717) is 13.2 Å². The van der Waals surface area contributed by atoms with E-state index in [2.05, 4.69) is 5.09 Å². The Kier molecular flexibility index (Phi) is 4.59. The van der Waals surface area contributed by atoms with Gasteiger partial charge in [-0.1, -0.05) is 30.3 Å². The van der Waals surface area contributed by atoms with E-state index < -0.39 is 7.75 Å². The van der Waals surface area contributed by atoms with Crippen LogP contribution in [0.1, 0.15) is 13.8 Å². The van der Waals surface area contributed by atoms with Crippen LogP contribution >= 0.6 is 7.75 Å². The number of benzene rings is 2. The van der Waals surface area contributed by atoms with Gasteiger partial charge in [0.05, 0.1) is 13.2 Å². The quantitative estimate of drug-likeness (QED) is 0.794. The Morgan fingerprint density at radius 3 is 2.26 bits per heavy atom. The first-order valence-corrected chi connectivity index (χ1v) is 7.87. The molecule has 0 aliphatic carbocycles. The van der Waals surface area contributed by atoms with Gasteiger partial charge in [0.25, 0.3) is 0 Å². The molecule has 2 aromatic rings. The van der Waals surface area contributed by atoms with Gasteiger partial charge in [-0.05, 0) is 36.8 Å². The molecule has 0 unspecified atom stereocenters. The molecule has 0 saturated carbocycles. The molecule has 0 aliphatic heterocycles. The van der Waals surface area contributed by atoms with Crippen LogP contribution in [0.15, 0.2) is 42.5 Å². The topological polar surface area (TPSA) is 47.6 Å². The first-order chi connectivity index (χ1) is 9.17. The fraction of sp³-hybridized carbons (Fsp3) is 0.286. The Balaban J connectivity index is 2.26. The Morgan fingerprint density at radius 1 is 1.00 bits per heavy atom. The van der Waals surface area contributed by atoms with Gasteiger partial charge in [-0.2, -0.15) is 0 Å². The Labute approximate surface area is 113 Å². The average Bonchev–Trinajstić information content (AvgIpc) is 2.39. The lowest BCUT2D eigenvalue weighted by atomic mass is 10.1. The number of rotatable bonds is 6. The van der Waals surface area contributed by atoms with Crippen LogP contribution in [0.2, 0.25) is 0 Å². The highest BCUT2D eigenvalue weighted by molar-refractivity contribution is 7.55. The molecule has 0 bridgehead atoms. The molecule has 1 N–H and O–H groups in total. The second kappa shape index (κ2) is 6.20. The zero-order valence-corrected chi connectivity index (χ0v) is 12.0. The summed E-state index contributed by atoms with van der Waals surface area (Å²) in [5, 5.41) is 5.07. The van der Waals surface area contributed by atoms with Crippen molar-refractivity contribution < 1.29 is 13.6 Å². The van der Waals surface area contributed by atoms with Gasteiger partial charge in [-0.25, -0.2) is 4.57 Å². The third-order valence-corrected chi connectivity index (χ3v) is 4.34. The maximum absolute atomic E-state index is 12.4. The normalized spacial score (nSPS) is 11.7. The van der Waals surface area contributed by atoms with Gasteiger partial charge in [0.15, 0.2) is 0 Å². The lowest BCUT2D eigenvalue weighted by Crippen LogP contribution is -2.04. The summed E-state index contributed by atoms with van der Waals surface area (Å²) in [5.74, 6) is 0. The SMILES string of the molecule is CCOP(=O)(Nc1ccc2ccccc2c1)OCC. The molecule has 0 fully saturated rings. The highest BCUT2D eigenvalue weighted by Crippen LogP contribution is 2.47. The number of anilines is 1. The molecule has 0 amide bonds. The van der Waals surface area contributed by atoms with Crippen LogP contribution < -0.4 is 5.09 Å². The molecule has 102 valence electrons. The van der Waals surface area contributed by atoms with Crippen molar-refractivity contribution in [2.24, 2.45) is 0 Å². The first-order valence-electron chi connectivity index (χ1n) is 6.33. The van der Waals surface area contributed by atoms with Crippen molar-refractivity contribution in [3.63, 3.8) is 0 Å². The summed E-state index contributed by atoms with van der Waals surface area (Å²) >= 11 is 0. The predicted molar refractivity (Wildman–Crippen MR) is 78.4 cm³/mol. The Bertz CT molecular complexity index is 590. The maximum Gasteiger partial charge on any atom is 0.432 e. The van der Waals surface area contributed by atoms with E-state index in [9.17, 15) is 4.57 Å². The van der Waals surface area contributed by atoms with E-state index >= 15 is 0 Å². The number of fused-ring (bicyclic) bond motifs is 1. The van der Waals surface area contributed by atoms with Gasteiger partial charge < -0.3 is 0 Å². The minimum Gasteiger partial charge on any atom is -0.293 e. The summed E-state index contributed by atoms with van der Waals surface area (Å²) in [7, 11) is -3.27. The first kappa shape index (κ1) is 14.1. The second-order valence-corrected chi connectivity index (χ2v) is 5.74. The van der Waals surface area contributed by atoms with Crippen LogP contribution in [-0.2, 0) is 13.6 Å². The van der Waals surface area contributed by atoms with Gasteiger partial charge in [-0.15, -0.1) is 0 Å². The van der Waals surface area contributed by atoms with Crippen LogP contribution in [0, 0.1) is 0 Å². The molecule has 2 aromatic carbocycles. The fourth-order valence-corrected chi connectivity index (χ4v) is 3.20. The zero-order chi connectivity index (χ0) is 13.7. The van der Waals surface area contributed by atoms with Crippen molar-refractivity contribution in [3.05, 3.63) is 42.5 Å². The van der Waals surface area contributed by atoms with Gasteiger partial charge in [0.1, 0.15) is 0 Å². The molecule has 19 heavy (non-hydrogen) atoms. The van der Waals surface area contributed by atoms with E-state index in [1.54, 1.807) is 13.8 Å². The van der Waals surface area contributed by atoms with Crippen molar-refractivity contribution in [2.75, 3.05) is 18.3 Å². The summed E-state index contributed by atoms with van der Waals surface area (Å²) in [5.41, 5.74) is 0.726. The van der Waals surface area contributed by atoms with Crippen molar-refractivity contribution >= 4 is 24.2 Å². The molecule has 5 heteroatoms. The van der Waals surface area contributed by atoms with Gasteiger partial charge in [0, 0.05) is 5.69 Å². The Hall–Kier alpha value is -1.35. The second-order valence-electron chi connectivity index (χ2n) is 4.01. The van der Waals surface area contributed by atoms with Crippen LogP contribution in [-0.4, -0.2) is 13.2 Å². The molecule has 2 rings (SSSR count). The molecular weight excluding hydrogens is 261 g/mol. The maximum atomic E-state index is 12.4. The largest absolute Gasteiger partial charge is 0.432 e. The highest BCUT2D eigenvalue weighted by Gasteiger charge is 2.23. The monoisotopic (exact) mass is 279 g/mol. The lowest BCUT2D eigenvalue weighted by molar-refractivity contribution is 0.225. The zero-order valence-electron chi connectivity index (χ0n) is 11.1. The summed E-state index contributed by atoms with van der Waals surface area (Å²) in [6, 6.07) is 13.8. The molecule has 0 atom stereocenters. The molecule has 0 aliphatic rings. The number of nitrogens with one attached hydrogen (secondary N) is 1. The molecule has 0 heterocycles. The predicted octanol–water partition coefficient (Wildman–Crippen LogP) is 4.43. The third kappa shape index (κ3) is 3.57. The number of hydrogen-bond donors (Lipinski definition) is 1. The van der Waals surface area contributed by atoms with Crippen molar-refractivity contribution in [3.8, 4) is 0 Å². The van der Waals surface area contributed by atoms with Gasteiger partial charge in [0.2, 0.25) is 0 Å². The molecule has 0 spiro atoms. The molecule has 0 radical (unpaired) electrons. The van der Waals surface area contributed by atoms with E-state index in [-0.39, 0.29) is 0 Å². The third-order valence-electron chi connectivity index (χ3n) is 2.61. The average molecular weight is 279 g/mol. The molecular formula is C14H18NO3P. The fourth-order valence-electron chi connectivity index (χ4n) is 1.86. The van der Waals surface area contributed by atoms with Crippen LogP contribution in [0.25, 0.3) is 10.8 Å². The van der Waals surface area contributed by atoms with E-state index in [0.717, 1.165) is 16.5 Å². The smallest absolute Gasteiger partial charge is 0.293 e. The highest BCUT2D eigenvalue weighted by atomic mass is 31.2. The standard InChI is InChI=1S/C14H18NO3P/c1-3-17-19(16,18-4-2)15-14-10-9-12-7-5-6-8-13(12)11-14/h5-11H,3-4H2,1-2H3,(H,15,16). The summed E-state index contributed by atoms with van der Waals surface area (Å²) in [6.45, 7) is 4.23. The van der Waals surface area contributed by atoms with Gasteiger partial charge >= 0.3 is 7.75 Å². The van der Waals surface area contributed by atoms with E-state index in [1.807, 2.05) is 42.5 Å². The minimum atomic E-state index is -3.27. The minimum absolute atomic E-state index is 0.331. The molecule has 0 saturated heterocycles. The molecule has 0 aromatic heterocycles. The van der Waals surface area contributed by atoms with Crippen molar-refractivity contribution in [2.45, 2.75) is 13.8 Å². The lowest BCUT2D eigenvalue weighted by Gasteiger charge is -2.18. The van der Waals surface area contributed by atoms with Crippen LogP contribution in [0.4, 0.5) is 5.69 Å². The summed E-state index contributed by atoms with van der Waals surface area (Å²) in [6.07, 6.45) is 0. The Morgan fingerprint density at radius 2 is 1.63 bits per heavy atom. The summed E-state index contributed by atoms with van der Waals surface area (Å²) < 4.78 is 22.8. The van der Waals surface area contributed by atoms with Gasteiger partial charge in [-0.3, -0.25) is 14.1 Å². The van der Waals surface area contributed by atoms with Crippen LogP contribution in [0.5, 0.6) is 0 Å². The molecule has 4 nitrogen and oxygen atoms in total. The van der Waals surface area contributed by atoms with Crippen molar-refractivity contribution in [1.29, 1.82) is 0 Å². The van der Waals surface area contributed by atoms with Crippen LogP contribution in [0.3, 0.4) is 0 Å².